The summed E-state index contributed by atoms with van der Waals surface area (Å²) in [6, 6.07) is 22.9. The summed E-state index contributed by atoms with van der Waals surface area (Å²) in [7, 11) is 0. The molecule has 7 nitrogen and oxygen atoms in total. The number of anilines is 1. The molecule has 0 radical (unpaired) electrons. The van der Waals surface area contributed by atoms with Crippen LogP contribution in [-0.4, -0.2) is 18.1 Å². The van der Waals surface area contributed by atoms with Crippen LogP contribution in [0, 0.1) is 11.3 Å². The molecule has 158 valence electrons. The fourth-order valence-electron chi connectivity index (χ4n) is 3.15. The van der Waals surface area contributed by atoms with Crippen LogP contribution in [0.15, 0.2) is 87.2 Å². The molecule has 0 N–H and O–H groups in total. The first-order chi connectivity index (χ1) is 15.7. The van der Waals surface area contributed by atoms with Gasteiger partial charge in [-0.1, -0.05) is 11.3 Å². The number of thiazole rings is 1. The van der Waals surface area contributed by atoms with Crippen LogP contribution < -0.4 is 4.90 Å². The van der Waals surface area contributed by atoms with E-state index in [0.29, 0.717) is 16.4 Å². The van der Waals surface area contributed by atoms with Crippen LogP contribution in [-0.2, 0) is 0 Å². The van der Waals surface area contributed by atoms with E-state index < -0.39 is 0 Å². The topological polar surface area (TPSA) is 89.4 Å². The van der Waals surface area contributed by atoms with Gasteiger partial charge < -0.3 is 4.90 Å². The van der Waals surface area contributed by atoms with Crippen molar-refractivity contribution in [3.63, 3.8) is 0 Å². The lowest BCUT2D eigenvalue weighted by Gasteiger charge is -2.20. The Morgan fingerprint density at radius 3 is 1.94 bits per heavy atom. The molecule has 3 aromatic carbocycles. The molecular formula is C24H21N7S. The van der Waals surface area contributed by atoms with Gasteiger partial charge >= 0.3 is 0 Å². The highest BCUT2D eigenvalue weighted by atomic mass is 32.1. The summed E-state index contributed by atoms with van der Waals surface area (Å²) in [4.78, 5) is 6.71. The van der Waals surface area contributed by atoms with Crippen molar-refractivity contribution >= 4 is 49.4 Å². The number of fused-ring (bicyclic) bond motifs is 1. The highest BCUT2D eigenvalue weighted by Gasteiger charge is 2.04. The molecular weight excluding hydrogens is 418 g/mol. The lowest BCUT2D eigenvalue weighted by Crippen LogP contribution is -2.21. The zero-order valence-electron chi connectivity index (χ0n) is 17.8. The third-order valence-electron chi connectivity index (χ3n) is 4.87. The second kappa shape index (κ2) is 9.90. The number of rotatable bonds is 7. The maximum Gasteiger partial charge on any atom is 0.231 e. The average molecular weight is 440 g/mol. The van der Waals surface area contributed by atoms with Crippen molar-refractivity contribution in [2.75, 3.05) is 18.0 Å². The zero-order valence-corrected chi connectivity index (χ0v) is 18.6. The number of nitriles is 1. The van der Waals surface area contributed by atoms with Gasteiger partial charge in [0.05, 0.1) is 38.9 Å². The van der Waals surface area contributed by atoms with Gasteiger partial charge in [0.2, 0.25) is 5.13 Å². The molecule has 1 aromatic heterocycles. The molecule has 0 bridgehead atoms. The van der Waals surface area contributed by atoms with E-state index >= 15 is 0 Å². The summed E-state index contributed by atoms with van der Waals surface area (Å²) in [6.07, 6.45) is 0. The number of benzene rings is 3. The fraction of sp³-hybridized carbons (Fsp3) is 0.167. The molecule has 0 aliphatic rings. The lowest BCUT2D eigenvalue weighted by molar-refractivity contribution is 0.866. The van der Waals surface area contributed by atoms with Gasteiger partial charge in [-0.05, 0) is 80.6 Å². The summed E-state index contributed by atoms with van der Waals surface area (Å²) >= 11 is 1.40. The van der Waals surface area contributed by atoms with Crippen molar-refractivity contribution in [2.24, 2.45) is 20.5 Å². The van der Waals surface area contributed by atoms with Crippen LogP contribution in [0.3, 0.4) is 0 Å². The molecule has 4 aromatic rings. The van der Waals surface area contributed by atoms with E-state index in [0.717, 1.165) is 34.7 Å². The Labute approximate surface area is 190 Å². The minimum Gasteiger partial charge on any atom is -0.372 e. The molecule has 0 amide bonds. The Morgan fingerprint density at radius 1 is 0.812 bits per heavy atom. The Bertz CT molecular complexity index is 1300. The largest absolute Gasteiger partial charge is 0.372 e. The number of hydrogen-bond donors (Lipinski definition) is 0. The molecule has 4 rings (SSSR count). The van der Waals surface area contributed by atoms with E-state index in [1.54, 1.807) is 6.07 Å². The van der Waals surface area contributed by atoms with E-state index in [1.165, 1.54) is 17.0 Å². The second-order valence-corrected chi connectivity index (χ2v) is 7.90. The maximum atomic E-state index is 9.01. The molecule has 0 saturated heterocycles. The lowest BCUT2D eigenvalue weighted by atomic mass is 10.2. The normalized spacial score (nSPS) is 11.4. The van der Waals surface area contributed by atoms with Crippen molar-refractivity contribution < 1.29 is 0 Å². The summed E-state index contributed by atoms with van der Waals surface area (Å²) in [6.45, 7) is 6.24. The Hall–Kier alpha value is -3.96. The molecule has 32 heavy (non-hydrogen) atoms. The van der Waals surface area contributed by atoms with Gasteiger partial charge in [-0.15, -0.1) is 10.2 Å². The Balaban J connectivity index is 1.41. The fourth-order valence-corrected chi connectivity index (χ4v) is 3.97. The monoisotopic (exact) mass is 439 g/mol. The van der Waals surface area contributed by atoms with Gasteiger partial charge in [0, 0.05) is 18.8 Å². The van der Waals surface area contributed by atoms with Crippen LogP contribution in [0.5, 0.6) is 0 Å². The number of aromatic nitrogens is 1. The van der Waals surface area contributed by atoms with Gasteiger partial charge in [0.25, 0.3) is 0 Å². The standard InChI is InChI=1S/C24H21N7S/c1-3-31(4-2)21-12-10-20(11-13-21)28-27-18-6-8-19(9-7-18)29-30-24-26-22-14-5-17(16-25)15-23(22)32-24/h5-15H,3-4H2,1-2H3. The minimum absolute atomic E-state index is 0.548. The minimum atomic E-state index is 0.548. The maximum absolute atomic E-state index is 9.01. The van der Waals surface area contributed by atoms with Gasteiger partial charge in [0.1, 0.15) is 0 Å². The molecule has 0 aliphatic heterocycles. The van der Waals surface area contributed by atoms with Crippen molar-refractivity contribution in [2.45, 2.75) is 13.8 Å². The van der Waals surface area contributed by atoms with Crippen LogP contribution in [0.2, 0.25) is 0 Å². The van der Waals surface area contributed by atoms with Crippen LogP contribution >= 0.6 is 11.3 Å². The highest BCUT2D eigenvalue weighted by Crippen LogP contribution is 2.30. The smallest absolute Gasteiger partial charge is 0.231 e. The first kappa shape index (κ1) is 21.3. The Kier molecular flexibility index (Phi) is 6.58. The van der Waals surface area contributed by atoms with Gasteiger partial charge in [-0.2, -0.15) is 15.5 Å². The molecule has 0 atom stereocenters. The van der Waals surface area contributed by atoms with E-state index in [9.17, 15) is 0 Å². The summed E-state index contributed by atoms with van der Waals surface area (Å²) in [5, 5.41) is 26.6. The molecule has 8 heteroatoms. The summed E-state index contributed by atoms with van der Waals surface area (Å²) in [5.41, 5.74) is 4.84. The van der Waals surface area contributed by atoms with Crippen molar-refractivity contribution in [1.29, 1.82) is 5.26 Å². The van der Waals surface area contributed by atoms with E-state index in [4.69, 9.17) is 5.26 Å². The summed E-state index contributed by atoms with van der Waals surface area (Å²) < 4.78 is 0.916. The molecule has 0 fully saturated rings. The third-order valence-corrected chi connectivity index (χ3v) is 5.77. The quantitative estimate of drug-likeness (QED) is 0.275. The first-order valence-corrected chi connectivity index (χ1v) is 11.1. The Morgan fingerprint density at radius 2 is 1.38 bits per heavy atom. The van der Waals surface area contributed by atoms with Crippen LogP contribution in [0.25, 0.3) is 10.2 Å². The van der Waals surface area contributed by atoms with E-state index in [2.05, 4.69) is 62.4 Å². The predicted octanol–water partition coefficient (Wildman–Crippen LogP) is 7.84. The van der Waals surface area contributed by atoms with Crippen molar-refractivity contribution in [1.82, 2.24) is 4.98 Å². The van der Waals surface area contributed by atoms with Gasteiger partial charge in [0.15, 0.2) is 0 Å². The van der Waals surface area contributed by atoms with E-state index in [-0.39, 0.29) is 0 Å². The highest BCUT2D eigenvalue weighted by molar-refractivity contribution is 7.21. The van der Waals surface area contributed by atoms with Gasteiger partial charge in [-0.3, -0.25) is 0 Å². The van der Waals surface area contributed by atoms with Crippen molar-refractivity contribution in [3.8, 4) is 6.07 Å². The number of nitrogens with zero attached hydrogens (tertiary/aromatic N) is 7. The van der Waals surface area contributed by atoms with Crippen LogP contribution in [0.1, 0.15) is 19.4 Å². The zero-order chi connectivity index (χ0) is 22.3. The molecule has 0 aliphatic carbocycles. The summed E-state index contributed by atoms with van der Waals surface area (Å²) in [5.74, 6) is 0. The van der Waals surface area contributed by atoms with Crippen LogP contribution in [0.4, 0.5) is 27.9 Å². The molecule has 1 heterocycles. The number of hydrogen-bond acceptors (Lipinski definition) is 8. The second-order valence-electron chi connectivity index (χ2n) is 6.90. The SMILES string of the molecule is CCN(CC)c1ccc(N=Nc2ccc(N=Nc3nc4ccc(C#N)cc4s3)cc2)cc1. The first-order valence-electron chi connectivity index (χ1n) is 10.3. The predicted molar refractivity (Wildman–Crippen MR) is 129 cm³/mol. The number of azo groups is 2. The molecule has 0 saturated carbocycles. The third kappa shape index (κ3) is 5.02. The van der Waals surface area contributed by atoms with Gasteiger partial charge in [-0.25, -0.2) is 4.98 Å². The molecule has 0 unspecified atom stereocenters. The van der Waals surface area contributed by atoms with Crippen molar-refractivity contribution in [3.05, 3.63) is 72.3 Å². The average Bonchev–Trinajstić information content (AvgIpc) is 3.25. The van der Waals surface area contributed by atoms with E-state index in [1.807, 2.05) is 48.5 Å². The molecule has 0 spiro atoms.